The van der Waals surface area contributed by atoms with Crippen molar-refractivity contribution in [2.45, 2.75) is 13.8 Å². The molecule has 1 heterocycles. The lowest BCUT2D eigenvalue weighted by Crippen LogP contribution is -2.32. The fourth-order valence-electron chi connectivity index (χ4n) is 1.89. The number of hydrogen-bond donors (Lipinski definition) is 1. The number of rotatable bonds is 4. The first-order chi connectivity index (χ1) is 9.45. The minimum absolute atomic E-state index is 0.216. The van der Waals surface area contributed by atoms with E-state index >= 15 is 0 Å². The van der Waals surface area contributed by atoms with Crippen LogP contribution in [0.3, 0.4) is 0 Å². The Balaban J connectivity index is 2.27. The Hall–Kier alpha value is -2.30. The molecule has 0 unspecified atom stereocenters. The maximum absolute atomic E-state index is 11.6. The summed E-state index contributed by atoms with van der Waals surface area (Å²) >= 11 is 0. The number of carbonyl (C=O) groups excluding carboxylic acids is 1. The number of fused-ring (bicyclic) bond motifs is 1. The second-order valence-electron chi connectivity index (χ2n) is 5.22. The van der Waals surface area contributed by atoms with Crippen LogP contribution in [0.4, 0.5) is 5.69 Å². The summed E-state index contributed by atoms with van der Waals surface area (Å²) < 4.78 is 10.5. The molecule has 20 heavy (non-hydrogen) atoms. The van der Waals surface area contributed by atoms with E-state index in [-0.39, 0.29) is 12.6 Å². The maximum atomic E-state index is 11.6. The summed E-state index contributed by atoms with van der Waals surface area (Å²) in [6.45, 7) is 3.76. The molecule has 2 rings (SSSR count). The summed E-state index contributed by atoms with van der Waals surface area (Å²) in [4.78, 5) is 15.9. The van der Waals surface area contributed by atoms with E-state index in [1.165, 1.54) is 7.11 Å². The highest BCUT2D eigenvalue weighted by Gasteiger charge is 2.30. The average molecular weight is 274 g/mol. The molecule has 0 bridgehead atoms. The Labute approximate surface area is 117 Å². The van der Waals surface area contributed by atoms with E-state index in [1.54, 1.807) is 32.2 Å². The van der Waals surface area contributed by atoms with Gasteiger partial charge in [0.2, 0.25) is 0 Å². The average Bonchev–Trinajstić information content (AvgIpc) is 2.46. The molecule has 0 saturated heterocycles. The lowest BCUT2D eigenvalue weighted by molar-refractivity contribution is -0.152. The monoisotopic (exact) mass is 274 g/mol. The number of nitrogen functional groups attached to an aromatic ring is 1. The molecule has 0 spiro atoms. The highest BCUT2D eigenvalue weighted by molar-refractivity contribution is 5.93. The number of carbonyl (C=O) groups is 1. The van der Waals surface area contributed by atoms with Gasteiger partial charge in [-0.1, -0.05) is 0 Å². The Kier molecular flexibility index (Phi) is 3.79. The van der Waals surface area contributed by atoms with Crippen molar-refractivity contribution in [1.82, 2.24) is 4.98 Å². The summed E-state index contributed by atoms with van der Waals surface area (Å²) in [6.07, 6.45) is 1.68. The van der Waals surface area contributed by atoms with Crippen LogP contribution < -0.4 is 10.5 Å². The first-order valence-electron chi connectivity index (χ1n) is 6.30. The topological polar surface area (TPSA) is 74.4 Å². The molecule has 5 heteroatoms. The fraction of sp³-hybridized carbons (Fsp3) is 0.333. The van der Waals surface area contributed by atoms with Crippen molar-refractivity contribution in [3.05, 3.63) is 30.5 Å². The molecule has 0 amide bonds. The normalized spacial score (nSPS) is 11.3. The van der Waals surface area contributed by atoms with E-state index in [1.807, 2.05) is 12.1 Å². The first-order valence-corrected chi connectivity index (χ1v) is 6.30. The Morgan fingerprint density at radius 2 is 2.10 bits per heavy atom. The molecule has 0 radical (unpaired) electrons. The number of pyridine rings is 1. The zero-order valence-corrected chi connectivity index (χ0v) is 11.8. The van der Waals surface area contributed by atoms with Crippen molar-refractivity contribution in [1.29, 1.82) is 0 Å². The van der Waals surface area contributed by atoms with Gasteiger partial charge in [-0.15, -0.1) is 0 Å². The Morgan fingerprint density at radius 3 is 2.80 bits per heavy atom. The van der Waals surface area contributed by atoms with E-state index < -0.39 is 5.41 Å². The smallest absolute Gasteiger partial charge is 0.314 e. The van der Waals surface area contributed by atoms with Crippen LogP contribution in [0.25, 0.3) is 10.9 Å². The third-order valence-electron chi connectivity index (χ3n) is 3.09. The number of nitrogens with two attached hydrogens (primary N) is 1. The first kappa shape index (κ1) is 14.1. The molecule has 2 N–H and O–H groups in total. The molecule has 0 fully saturated rings. The minimum atomic E-state index is -0.718. The lowest BCUT2D eigenvalue weighted by atomic mass is 9.95. The number of methoxy groups -OCH3 is 1. The zero-order chi connectivity index (χ0) is 14.8. The third kappa shape index (κ3) is 2.66. The van der Waals surface area contributed by atoms with E-state index in [9.17, 15) is 4.79 Å². The second-order valence-corrected chi connectivity index (χ2v) is 5.22. The molecule has 1 aromatic heterocycles. The molecule has 2 aromatic rings. The molecule has 0 saturated carbocycles. The van der Waals surface area contributed by atoms with E-state index in [0.29, 0.717) is 17.0 Å². The molecular weight excluding hydrogens is 256 g/mol. The maximum Gasteiger partial charge on any atom is 0.314 e. The van der Waals surface area contributed by atoms with Gasteiger partial charge < -0.3 is 15.2 Å². The summed E-state index contributed by atoms with van der Waals surface area (Å²) in [5.74, 6) is 0.342. The largest absolute Gasteiger partial charge is 0.492 e. The number of aromatic nitrogens is 1. The van der Waals surface area contributed by atoms with E-state index in [4.69, 9.17) is 15.2 Å². The molecule has 0 aliphatic rings. The summed E-state index contributed by atoms with van der Waals surface area (Å²) in [5, 5.41) is 0.827. The fourth-order valence-corrected chi connectivity index (χ4v) is 1.89. The van der Waals surface area contributed by atoms with Crippen LogP contribution in [0.15, 0.2) is 30.5 Å². The van der Waals surface area contributed by atoms with Gasteiger partial charge in [0, 0.05) is 11.6 Å². The van der Waals surface area contributed by atoms with Gasteiger partial charge in [-0.05, 0) is 38.1 Å². The highest BCUT2D eigenvalue weighted by atomic mass is 16.5. The van der Waals surface area contributed by atoms with Crippen LogP contribution in [0.5, 0.6) is 5.75 Å². The number of anilines is 1. The quantitative estimate of drug-likeness (QED) is 0.684. The minimum Gasteiger partial charge on any atom is -0.492 e. The molecule has 1 aromatic carbocycles. The van der Waals surface area contributed by atoms with Crippen LogP contribution in [0, 0.1) is 5.41 Å². The predicted octanol–water partition coefficient (Wildman–Crippen LogP) is 2.40. The van der Waals surface area contributed by atoms with Gasteiger partial charge in [-0.25, -0.2) is 0 Å². The molecule has 5 nitrogen and oxygen atoms in total. The number of nitrogens with zero attached hydrogens (tertiary/aromatic N) is 1. The standard InChI is InChI=1S/C15H18N2O3/c1-15(2,14(18)19-3)9-20-12-7-6-11(16)13-10(12)5-4-8-17-13/h4-8H,9,16H2,1-3H3. The summed E-state index contributed by atoms with van der Waals surface area (Å²) in [7, 11) is 1.37. The van der Waals surface area contributed by atoms with Crippen LogP contribution >= 0.6 is 0 Å². The van der Waals surface area contributed by atoms with Crippen LogP contribution in [0.2, 0.25) is 0 Å². The molecular formula is C15H18N2O3. The molecule has 0 aliphatic carbocycles. The lowest BCUT2D eigenvalue weighted by Gasteiger charge is -2.22. The van der Waals surface area contributed by atoms with Crippen molar-refractivity contribution in [3.8, 4) is 5.75 Å². The van der Waals surface area contributed by atoms with Crippen LogP contribution in [0.1, 0.15) is 13.8 Å². The van der Waals surface area contributed by atoms with E-state index in [0.717, 1.165) is 5.39 Å². The zero-order valence-electron chi connectivity index (χ0n) is 11.8. The van der Waals surface area contributed by atoms with Gasteiger partial charge in [0.15, 0.2) is 0 Å². The van der Waals surface area contributed by atoms with E-state index in [2.05, 4.69) is 4.98 Å². The predicted molar refractivity (Wildman–Crippen MR) is 77.4 cm³/mol. The van der Waals surface area contributed by atoms with Gasteiger partial charge in [-0.2, -0.15) is 0 Å². The van der Waals surface area contributed by atoms with Gasteiger partial charge in [0.05, 0.1) is 23.7 Å². The van der Waals surface area contributed by atoms with Crippen molar-refractivity contribution in [3.63, 3.8) is 0 Å². The second kappa shape index (κ2) is 5.36. The van der Waals surface area contributed by atoms with Crippen molar-refractivity contribution < 1.29 is 14.3 Å². The molecule has 0 aliphatic heterocycles. The van der Waals surface area contributed by atoms with Crippen LogP contribution in [-0.2, 0) is 9.53 Å². The van der Waals surface area contributed by atoms with Crippen molar-refractivity contribution >= 4 is 22.6 Å². The summed E-state index contributed by atoms with van der Waals surface area (Å²) in [6, 6.07) is 7.24. The molecule has 106 valence electrons. The third-order valence-corrected chi connectivity index (χ3v) is 3.09. The summed E-state index contributed by atoms with van der Waals surface area (Å²) in [5.41, 5.74) is 6.46. The molecule has 0 atom stereocenters. The van der Waals surface area contributed by atoms with Crippen LogP contribution in [-0.4, -0.2) is 24.7 Å². The van der Waals surface area contributed by atoms with Gasteiger partial charge in [0.1, 0.15) is 12.4 Å². The Bertz CT molecular complexity index is 638. The van der Waals surface area contributed by atoms with Crippen molar-refractivity contribution in [2.75, 3.05) is 19.5 Å². The highest BCUT2D eigenvalue weighted by Crippen LogP contribution is 2.30. The van der Waals surface area contributed by atoms with Gasteiger partial charge in [0.25, 0.3) is 0 Å². The number of benzene rings is 1. The number of esters is 1. The van der Waals surface area contributed by atoms with Gasteiger partial charge >= 0.3 is 5.97 Å². The van der Waals surface area contributed by atoms with Gasteiger partial charge in [-0.3, -0.25) is 9.78 Å². The SMILES string of the molecule is COC(=O)C(C)(C)COc1ccc(N)c2ncccc12. The number of hydrogen-bond acceptors (Lipinski definition) is 5. The Morgan fingerprint density at radius 1 is 1.35 bits per heavy atom. The van der Waals surface area contributed by atoms with Crippen molar-refractivity contribution in [2.24, 2.45) is 5.41 Å². The number of ether oxygens (including phenoxy) is 2.